The van der Waals surface area contributed by atoms with Crippen LogP contribution in [0.3, 0.4) is 0 Å². The van der Waals surface area contributed by atoms with Crippen molar-refractivity contribution in [1.82, 2.24) is 0 Å². The van der Waals surface area contributed by atoms with Gasteiger partial charge < -0.3 is 10.6 Å². The fraction of sp³-hybridized carbons (Fsp3) is 0. The number of para-hydroxylation sites is 2. The van der Waals surface area contributed by atoms with Crippen molar-refractivity contribution >= 4 is 46.1 Å². The van der Waals surface area contributed by atoms with Crippen molar-refractivity contribution in [2.75, 3.05) is 10.6 Å². The Morgan fingerprint density at radius 2 is 1.36 bits per heavy atom. The lowest BCUT2D eigenvalue weighted by Gasteiger charge is -2.12. The molecule has 3 aromatic rings. The van der Waals surface area contributed by atoms with Crippen LogP contribution in [0.1, 0.15) is 5.56 Å². The summed E-state index contributed by atoms with van der Waals surface area (Å²) in [7, 11) is 0. The number of benzene rings is 3. The number of hydrogen-bond donors (Lipinski definition) is 2. The Balaban J connectivity index is 1.87. The molecule has 0 saturated heterocycles. The first-order chi connectivity index (χ1) is 12.2. The summed E-state index contributed by atoms with van der Waals surface area (Å²) >= 11 is 11.6. The van der Waals surface area contributed by atoms with E-state index in [2.05, 4.69) is 15.6 Å². The van der Waals surface area contributed by atoms with Gasteiger partial charge in [0.25, 0.3) is 0 Å². The van der Waals surface area contributed by atoms with E-state index in [-0.39, 0.29) is 0 Å². The number of nitrogens with zero attached hydrogens (tertiary/aromatic N) is 1. The summed E-state index contributed by atoms with van der Waals surface area (Å²) in [5, 5.41) is 7.31. The number of thiocarbonyl (C=S) groups is 1. The number of halogens is 1. The highest BCUT2D eigenvalue weighted by atomic mass is 35.5. The van der Waals surface area contributed by atoms with Crippen molar-refractivity contribution in [3.63, 3.8) is 0 Å². The summed E-state index contributed by atoms with van der Waals surface area (Å²) in [6.45, 7) is 0. The van der Waals surface area contributed by atoms with Crippen molar-refractivity contribution < 1.29 is 0 Å². The third kappa shape index (κ3) is 4.89. The summed E-state index contributed by atoms with van der Waals surface area (Å²) < 4.78 is 0. The Labute approximate surface area is 157 Å². The summed E-state index contributed by atoms with van der Waals surface area (Å²) in [6, 6.07) is 27.1. The molecule has 0 spiro atoms. The third-order valence-electron chi connectivity index (χ3n) is 3.41. The normalized spacial score (nSPS) is 11.0. The number of anilines is 2. The van der Waals surface area contributed by atoms with Crippen LogP contribution in [0.5, 0.6) is 0 Å². The average Bonchev–Trinajstić information content (AvgIpc) is 2.65. The molecule has 0 unspecified atom stereocenters. The highest BCUT2D eigenvalue weighted by Gasteiger charge is 2.07. The van der Waals surface area contributed by atoms with Gasteiger partial charge >= 0.3 is 0 Å². The maximum absolute atomic E-state index is 6.17. The molecule has 0 aliphatic carbocycles. The molecular weight excluding hydrogens is 350 g/mol. The minimum Gasteiger partial charge on any atom is -0.340 e. The standard InChI is InChI=1S/C20H16ClN3S/c21-17-13-7-8-14-18(17)23-20(25)24-19(15-9-3-1-4-10-15)22-16-11-5-2-6-12-16/h1-14H,(H2,22,23,24,25). The summed E-state index contributed by atoms with van der Waals surface area (Å²) in [5.41, 5.74) is 2.60. The van der Waals surface area contributed by atoms with Crippen molar-refractivity contribution in [3.8, 4) is 0 Å². The van der Waals surface area contributed by atoms with Gasteiger partial charge in [0.05, 0.1) is 10.7 Å². The zero-order valence-corrected chi connectivity index (χ0v) is 14.9. The van der Waals surface area contributed by atoms with Gasteiger partial charge in [-0.05, 0) is 36.5 Å². The molecule has 0 fully saturated rings. The quantitative estimate of drug-likeness (QED) is 0.360. The molecule has 0 heterocycles. The van der Waals surface area contributed by atoms with E-state index in [0.717, 1.165) is 16.9 Å². The van der Waals surface area contributed by atoms with E-state index in [1.165, 1.54) is 0 Å². The molecule has 25 heavy (non-hydrogen) atoms. The summed E-state index contributed by atoms with van der Waals surface area (Å²) in [4.78, 5) is 4.55. The molecule has 5 heteroatoms. The van der Waals surface area contributed by atoms with E-state index in [9.17, 15) is 0 Å². The van der Waals surface area contributed by atoms with Crippen LogP contribution in [0.15, 0.2) is 89.9 Å². The Bertz CT molecular complexity index is 880. The molecule has 3 nitrogen and oxygen atoms in total. The first kappa shape index (κ1) is 17.1. The second-order valence-corrected chi connectivity index (χ2v) is 6.02. The van der Waals surface area contributed by atoms with Crippen LogP contribution in [0, 0.1) is 0 Å². The van der Waals surface area contributed by atoms with Crippen molar-refractivity contribution in [1.29, 1.82) is 0 Å². The molecular formula is C20H16ClN3S. The smallest absolute Gasteiger partial charge is 0.199 e. The Hall–Kier alpha value is -2.69. The maximum Gasteiger partial charge on any atom is 0.199 e. The Kier molecular flexibility index (Phi) is 5.77. The van der Waals surface area contributed by atoms with Crippen molar-refractivity contribution in [2.45, 2.75) is 0 Å². The van der Waals surface area contributed by atoms with Gasteiger partial charge in [0, 0.05) is 11.3 Å². The van der Waals surface area contributed by atoms with E-state index in [1.807, 2.05) is 78.9 Å². The molecule has 3 rings (SSSR count). The third-order valence-corrected chi connectivity index (χ3v) is 3.94. The van der Waals surface area contributed by atoms with Crippen LogP contribution in [-0.2, 0) is 0 Å². The lowest BCUT2D eigenvalue weighted by molar-refractivity contribution is 1.52. The first-order valence-corrected chi connectivity index (χ1v) is 8.53. The zero-order valence-electron chi connectivity index (χ0n) is 13.3. The molecule has 0 aliphatic rings. The predicted molar refractivity (Wildman–Crippen MR) is 111 cm³/mol. The molecule has 0 aromatic heterocycles. The van der Waals surface area contributed by atoms with Gasteiger partial charge in [-0.1, -0.05) is 72.3 Å². The molecule has 0 aliphatic heterocycles. The van der Waals surface area contributed by atoms with Crippen LogP contribution < -0.4 is 10.6 Å². The minimum absolute atomic E-state index is 0.329. The highest BCUT2D eigenvalue weighted by molar-refractivity contribution is 7.80. The molecule has 0 bridgehead atoms. The predicted octanol–water partition coefficient (Wildman–Crippen LogP) is 5.60. The molecule has 0 saturated carbocycles. The molecule has 0 amide bonds. The van der Waals surface area contributed by atoms with Crippen molar-refractivity contribution in [3.05, 3.63) is 95.5 Å². The molecule has 2 N–H and O–H groups in total. The van der Waals surface area contributed by atoms with E-state index < -0.39 is 0 Å². The number of nitrogens with one attached hydrogen (secondary N) is 2. The number of hydrogen-bond acceptors (Lipinski definition) is 1. The lowest BCUT2D eigenvalue weighted by atomic mass is 10.2. The largest absolute Gasteiger partial charge is 0.340 e. The van der Waals surface area contributed by atoms with E-state index in [4.69, 9.17) is 23.8 Å². The van der Waals surface area contributed by atoms with Gasteiger partial charge in [0.1, 0.15) is 5.84 Å². The number of aliphatic imine (C=N–C) groups is 1. The first-order valence-electron chi connectivity index (χ1n) is 7.74. The minimum atomic E-state index is 0.329. The van der Waals surface area contributed by atoms with Crippen LogP contribution in [0.2, 0.25) is 5.02 Å². The van der Waals surface area contributed by atoms with Crippen molar-refractivity contribution in [2.24, 2.45) is 4.99 Å². The molecule has 0 atom stereocenters. The van der Waals surface area contributed by atoms with Gasteiger partial charge in [-0.25, -0.2) is 4.99 Å². The summed E-state index contributed by atoms with van der Waals surface area (Å²) in [5.74, 6) is 0.663. The second-order valence-electron chi connectivity index (χ2n) is 5.23. The van der Waals surface area contributed by atoms with Gasteiger partial charge in [-0.2, -0.15) is 0 Å². The average molecular weight is 366 g/mol. The van der Waals surface area contributed by atoms with E-state index in [0.29, 0.717) is 16.0 Å². The van der Waals surface area contributed by atoms with Gasteiger partial charge in [-0.3, -0.25) is 0 Å². The maximum atomic E-state index is 6.17. The number of amidine groups is 1. The monoisotopic (exact) mass is 365 g/mol. The van der Waals surface area contributed by atoms with E-state index >= 15 is 0 Å². The fourth-order valence-electron chi connectivity index (χ4n) is 2.23. The lowest BCUT2D eigenvalue weighted by Crippen LogP contribution is -2.18. The number of rotatable bonds is 3. The Morgan fingerprint density at radius 3 is 2.04 bits per heavy atom. The fourth-order valence-corrected chi connectivity index (χ4v) is 2.61. The van der Waals surface area contributed by atoms with Crippen LogP contribution >= 0.6 is 23.8 Å². The van der Waals surface area contributed by atoms with E-state index in [1.54, 1.807) is 6.07 Å². The zero-order chi connectivity index (χ0) is 17.5. The van der Waals surface area contributed by atoms with Crippen LogP contribution in [0.4, 0.5) is 11.4 Å². The van der Waals surface area contributed by atoms with Crippen LogP contribution in [-0.4, -0.2) is 10.9 Å². The summed E-state index contributed by atoms with van der Waals surface area (Å²) in [6.07, 6.45) is 0. The second kappa shape index (κ2) is 8.42. The molecule has 0 radical (unpaired) electrons. The van der Waals surface area contributed by atoms with Gasteiger partial charge in [-0.15, -0.1) is 0 Å². The molecule has 3 aromatic carbocycles. The molecule has 124 valence electrons. The SMILES string of the molecule is S=C(/N=C(/Nc1ccccc1)c1ccccc1)Nc1ccccc1Cl. The van der Waals surface area contributed by atoms with Gasteiger partial charge in [0.2, 0.25) is 0 Å². The van der Waals surface area contributed by atoms with Crippen LogP contribution in [0.25, 0.3) is 0 Å². The topological polar surface area (TPSA) is 36.4 Å². The highest BCUT2D eigenvalue weighted by Crippen LogP contribution is 2.20. The van der Waals surface area contributed by atoms with Gasteiger partial charge in [0.15, 0.2) is 5.11 Å². The Morgan fingerprint density at radius 1 is 0.760 bits per heavy atom.